The first-order chi connectivity index (χ1) is 3.92. The van der Waals surface area contributed by atoms with Crippen molar-refractivity contribution in [3.8, 4) is 0 Å². The van der Waals surface area contributed by atoms with Gasteiger partial charge in [-0.25, -0.2) is 4.21 Å². The van der Waals surface area contributed by atoms with Crippen molar-refractivity contribution in [3.05, 3.63) is 0 Å². The van der Waals surface area contributed by atoms with Gasteiger partial charge in [0.15, 0.2) is 11.1 Å². The van der Waals surface area contributed by atoms with E-state index >= 15 is 0 Å². The summed E-state index contributed by atoms with van der Waals surface area (Å²) in [7, 11) is 0. The molecule has 0 amide bonds. The van der Waals surface area contributed by atoms with Gasteiger partial charge in [-0.3, -0.25) is 0 Å². The summed E-state index contributed by atoms with van der Waals surface area (Å²) in [5, 5.41) is 0. The summed E-state index contributed by atoms with van der Waals surface area (Å²) >= 11 is -2.33. The molecule has 0 fully saturated rings. The summed E-state index contributed by atoms with van der Waals surface area (Å²) in [6.07, 6.45) is -5.52. The fourth-order valence-corrected chi connectivity index (χ4v) is 0.609. The van der Waals surface area contributed by atoms with Crippen LogP contribution in [0.5, 0.6) is 0 Å². The highest BCUT2D eigenvalue weighted by molar-refractivity contribution is 7.79. The van der Waals surface area contributed by atoms with Gasteiger partial charge in [0.25, 0.3) is 0 Å². The maximum Gasteiger partial charge on any atom is 0.390 e. The van der Waals surface area contributed by atoms with Gasteiger partial charge in [0.2, 0.25) is 0 Å². The highest BCUT2D eigenvalue weighted by atomic mass is 32.2. The van der Waals surface area contributed by atoms with E-state index in [4.69, 9.17) is 4.55 Å². The molecule has 0 saturated carbocycles. The van der Waals surface area contributed by atoms with Crippen molar-refractivity contribution in [3.63, 3.8) is 0 Å². The summed E-state index contributed by atoms with van der Waals surface area (Å²) in [6, 6.07) is 0. The van der Waals surface area contributed by atoms with Crippen LogP contribution in [0, 0.1) is 0 Å². The second-order valence-electron chi connectivity index (χ2n) is 1.39. The predicted octanol–water partition coefficient (Wildman–Crippen LogP) is 1.16. The molecule has 0 aliphatic heterocycles. The molecule has 9 heavy (non-hydrogen) atoms. The summed E-state index contributed by atoms with van der Waals surface area (Å²) in [6.45, 7) is 0. The molecule has 0 heterocycles. The second-order valence-corrected chi connectivity index (χ2v) is 2.44. The van der Waals surface area contributed by atoms with Crippen LogP contribution in [0.3, 0.4) is 0 Å². The summed E-state index contributed by atoms with van der Waals surface area (Å²) in [5.74, 6) is -0.733. The third kappa shape index (κ3) is 7.90. The second kappa shape index (κ2) is 3.17. The minimum atomic E-state index is -4.32. The number of alkyl halides is 3. The SMILES string of the molecule is O=S(O)CCC(F)(F)F. The Morgan fingerprint density at radius 2 is 1.89 bits per heavy atom. The van der Waals surface area contributed by atoms with Crippen molar-refractivity contribution >= 4 is 11.1 Å². The molecule has 1 N–H and O–H groups in total. The molecule has 0 radical (unpaired) electrons. The van der Waals surface area contributed by atoms with Gasteiger partial charge in [0.05, 0.1) is 12.2 Å². The third-order valence-electron chi connectivity index (χ3n) is 0.560. The first-order valence-corrected chi connectivity index (χ1v) is 3.33. The number of rotatable bonds is 2. The Hall–Kier alpha value is -0.100. The van der Waals surface area contributed by atoms with Crippen molar-refractivity contribution in [2.75, 3.05) is 5.75 Å². The Kier molecular flexibility index (Phi) is 3.13. The van der Waals surface area contributed by atoms with Crippen molar-refractivity contribution in [2.24, 2.45) is 0 Å². The van der Waals surface area contributed by atoms with E-state index in [2.05, 4.69) is 0 Å². The lowest BCUT2D eigenvalue weighted by Crippen LogP contribution is -2.11. The predicted molar refractivity (Wildman–Crippen MR) is 26.3 cm³/mol. The quantitative estimate of drug-likeness (QED) is 0.618. The molecule has 0 aliphatic carbocycles. The Morgan fingerprint density at radius 1 is 1.44 bits per heavy atom. The van der Waals surface area contributed by atoms with Crippen LogP contribution in [-0.4, -0.2) is 20.7 Å². The van der Waals surface area contributed by atoms with Gasteiger partial charge >= 0.3 is 6.18 Å². The Bertz CT molecular complexity index is 110. The largest absolute Gasteiger partial charge is 0.390 e. The van der Waals surface area contributed by atoms with Crippen LogP contribution >= 0.6 is 0 Å². The van der Waals surface area contributed by atoms with Crippen molar-refractivity contribution in [1.29, 1.82) is 0 Å². The van der Waals surface area contributed by atoms with Crippen LogP contribution in [-0.2, 0) is 11.1 Å². The van der Waals surface area contributed by atoms with E-state index in [1.165, 1.54) is 0 Å². The average molecular weight is 162 g/mol. The standard InChI is InChI=1S/C3H5F3O2S/c4-3(5,6)1-2-9(7)8/h1-2H2,(H,7,8). The summed E-state index contributed by atoms with van der Waals surface area (Å²) in [4.78, 5) is 0. The van der Waals surface area contributed by atoms with Crippen LogP contribution in [0.25, 0.3) is 0 Å². The van der Waals surface area contributed by atoms with Crippen LogP contribution < -0.4 is 0 Å². The van der Waals surface area contributed by atoms with Gasteiger partial charge in [-0.1, -0.05) is 0 Å². The molecule has 1 atom stereocenters. The maximum atomic E-state index is 11.2. The third-order valence-corrected chi connectivity index (χ3v) is 1.11. The molecule has 0 aromatic carbocycles. The maximum absolute atomic E-state index is 11.2. The topological polar surface area (TPSA) is 37.3 Å². The van der Waals surface area contributed by atoms with Gasteiger partial charge in [-0.15, -0.1) is 0 Å². The summed E-state index contributed by atoms with van der Waals surface area (Å²) < 4.78 is 51.1. The molecule has 0 aromatic rings. The molecule has 0 aromatic heterocycles. The Morgan fingerprint density at radius 3 is 2.00 bits per heavy atom. The van der Waals surface area contributed by atoms with E-state index in [9.17, 15) is 17.4 Å². The van der Waals surface area contributed by atoms with Crippen molar-refractivity contribution < 1.29 is 21.9 Å². The van der Waals surface area contributed by atoms with Gasteiger partial charge in [-0.2, -0.15) is 13.2 Å². The van der Waals surface area contributed by atoms with E-state index < -0.39 is 29.4 Å². The molecular formula is C3H5F3O2S. The molecule has 6 heteroatoms. The van der Waals surface area contributed by atoms with Gasteiger partial charge in [0, 0.05) is 0 Å². The van der Waals surface area contributed by atoms with Gasteiger partial charge in [0.1, 0.15) is 0 Å². The van der Waals surface area contributed by atoms with E-state index in [1.807, 2.05) is 0 Å². The van der Waals surface area contributed by atoms with Crippen molar-refractivity contribution in [1.82, 2.24) is 0 Å². The number of hydrogen-bond acceptors (Lipinski definition) is 1. The molecule has 0 rings (SSSR count). The molecule has 1 unspecified atom stereocenters. The highest BCUT2D eigenvalue weighted by Crippen LogP contribution is 2.18. The van der Waals surface area contributed by atoms with E-state index in [1.54, 1.807) is 0 Å². The monoisotopic (exact) mass is 162 g/mol. The Labute approximate surface area is 52.3 Å². The normalized spacial score (nSPS) is 15.6. The lowest BCUT2D eigenvalue weighted by molar-refractivity contribution is -0.129. The van der Waals surface area contributed by atoms with E-state index in [0.717, 1.165) is 0 Å². The highest BCUT2D eigenvalue weighted by Gasteiger charge is 2.27. The Balaban J connectivity index is 3.39. The lowest BCUT2D eigenvalue weighted by Gasteiger charge is -2.01. The van der Waals surface area contributed by atoms with E-state index in [-0.39, 0.29) is 0 Å². The van der Waals surface area contributed by atoms with Crippen LogP contribution in [0.15, 0.2) is 0 Å². The fourth-order valence-electron chi connectivity index (χ4n) is 0.203. The molecular weight excluding hydrogens is 157 g/mol. The fraction of sp³-hybridized carbons (Fsp3) is 1.00. The lowest BCUT2D eigenvalue weighted by atomic mass is 10.5. The van der Waals surface area contributed by atoms with Crippen LogP contribution in [0.2, 0.25) is 0 Å². The molecule has 0 aliphatic rings. The van der Waals surface area contributed by atoms with Crippen LogP contribution in [0.1, 0.15) is 6.42 Å². The molecule has 2 nitrogen and oxygen atoms in total. The first-order valence-electron chi connectivity index (χ1n) is 2.06. The van der Waals surface area contributed by atoms with E-state index in [0.29, 0.717) is 0 Å². The average Bonchev–Trinajstić information content (AvgIpc) is 1.59. The molecule has 56 valence electrons. The van der Waals surface area contributed by atoms with Crippen LogP contribution in [0.4, 0.5) is 13.2 Å². The van der Waals surface area contributed by atoms with Gasteiger partial charge < -0.3 is 4.55 Å². The minimum Gasteiger partial charge on any atom is -0.306 e. The smallest absolute Gasteiger partial charge is 0.306 e. The number of halogens is 3. The van der Waals surface area contributed by atoms with Crippen molar-refractivity contribution in [2.45, 2.75) is 12.6 Å². The van der Waals surface area contributed by atoms with Gasteiger partial charge in [-0.05, 0) is 0 Å². The first kappa shape index (κ1) is 8.90. The minimum absolute atomic E-state index is 0.733. The number of hydrogen-bond donors (Lipinski definition) is 1. The molecule has 0 spiro atoms. The zero-order valence-electron chi connectivity index (χ0n) is 4.31. The summed E-state index contributed by atoms with van der Waals surface area (Å²) in [5.41, 5.74) is 0. The zero-order valence-corrected chi connectivity index (χ0v) is 5.13. The molecule has 0 saturated heterocycles. The molecule has 0 bridgehead atoms. The zero-order chi connectivity index (χ0) is 7.49.